The molecule has 1 N–H and O–H groups in total. The van der Waals surface area contributed by atoms with E-state index in [0.717, 1.165) is 44.3 Å². The Morgan fingerprint density at radius 3 is 2.71 bits per heavy atom. The molecule has 0 bridgehead atoms. The monoisotopic (exact) mass is 380 g/mol. The molecule has 2 aromatic rings. The molecule has 2 amide bonds. The lowest BCUT2D eigenvalue weighted by atomic mass is 9.99. The zero-order valence-electron chi connectivity index (χ0n) is 16.7. The first-order valence-corrected chi connectivity index (χ1v) is 10.3. The van der Waals surface area contributed by atoms with Gasteiger partial charge in [-0.3, -0.25) is 9.59 Å². The summed E-state index contributed by atoms with van der Waals surface area (Å²) >= 11 is 0. The molecule has 6 heteroatoms. The molecule has 3 heterocycles. The van der Waals surface area contributed by atoms with Crippen molar-refractivity contribution >= 4 is 11.8 Å². The summed E-state index contributed by atoms with van der Waals surface area (Å²) in [6.07, 6.45) is 4.56. The van der Waals surface area contributed by atoms with Gasteiger partial charge in [0.05, 0.1) is 5.69 Å². The minimum atomic E-state index is -0.180. The molecular weight excluding hydrogens is 352 g/mol. The van der Waals surface area contributed by atoms with Crippen LogP contribution in [0.2, 0.25) is 0 Å². The average Bonchev–Trinajstić information content (AvgIpc) is 3.12. The van der Waals surface area contributed by atoms with Crippen LogP contribution in [0.5, 0.6) is 0 Å². The Morgan fingerprint density at radius 1 is 1.14 bits per heavy atom. The molecule has 1 atom stereocenters. The maximum Gasteiger partial charge on any atom is 0.287 e. The molecule has 4 rings (SSSR count). The smallest absolute Gasteiger partial charge is 0.287 e. The van der Waals surface area contributed by atoms with E-state index in [1.54, 1.807) is 0 Å². The number of hydrogen-bond acceptors (Lipinski definition) is 3. The highest BCUT2D eigenvalue weighted by molar-refractivity contribution is 5.97. The third kappa shape index (κ3) is 3.43. The van der Waals surface area contributed by atoms with Gasteiger partial charge in [0.25, 0.3) is 11.8 Å². The minimum Gasteiger partial charge on any atom is -0.347 e. The predicted molar refractivity (Wildman–Crippen MR) is 107 cm³/mol. The van der Waals surface area contributed by atoms with Crippen LogP contribution in [0.25, 0.3) is 0 Å². The largest absolute Gasteiger partial charge is 0.347 e. The number of amides is 2. The number of carbonyl (C=O) groups is 2. The van der Waals surface area contributed by atoms with Crippen molar-refractivity contribution in [1.82, 2.24) is 19.8 Å². The molecule has 1 aromatic heterocycles. The Kier molecular flexibility index (Phi) is 5.20. The van der Waals surface area contributed by atoms with Crippen molar-refractivity contribution in [3.05, 3.63) is 52.6 Å². The van der Waals surface area contributed by atoms with Crippen LogP contribution in [0.1, 0.15) is 71.0 Å². The number of imidazole rings is 1. The van der Waals surface area contributed by atoms with Crippen LogP contribution >= 0.6 is 0 Å². The van der Waals surface area contributed by atoms with Gasteiger partial charge >= 0.3 is 0 Å². The molecule has 1 aromatic carbocycles. The summed E-state index contributed by atoms with van der Waals surface area (Å²) in [5.41, 5.74) is 3.90. The molecule has 1 unspecified atom stereocenters. The van der Waals surface area contributed by atoms with Crippen molar-refractivity contribution in [3.63, 3.8) is 0 Å². The van der Waals surface area contributed by atoms with Gasteiger partial charge in [0, 0.05) is 25.7 Å². The maximum atomic E-state index is 13.3. The Labute approximate surface area is 165 Å². The van der Waals surface area contributed by atoms with E-state index in [9.17, 15) is 9.59 Å². The van der Waals surface area contributed by atoms with Crippen LogP contribution in [-0.4, -0.2) is 38.9 Å². The highest BCUT2D eigenvalue weighted by atomic mass is 16.2. The SMILES string of the molecule is CCC(C)NC(=O)c1nc(C(=O)N2CCc3ccccc3C2)c2n1CCCC2. The van der Waals surface area contributed by atoms with Gasteiger partial charge in [-0.25, -0.2) is 4.98 Å². The van der Waals surface area contributed by atoms with Crippen LogP contribution < -0.4 is 5.32 Å². The highest BCUT2D eigenvalue weighted by Gasteiger charge is 2.31. The van der Waals surface area contributed by atoms with E-state index >= 15 is 0 Å². The second-order valence-corrected chi connectivity index (χ2v) is 7.87. The van der Waals surface area contributed by atoms with Crippen molar-refractivity contribution in [2.24, 2.45) is 0 Å². The van der Waals surface area contributed by atoms with Crippen molar-refractivity contribution in [1.29, 1.82) is 0 Å². The Balaban J connectivity index is 1.62. The molecule has 0 aliphatic carbocycles. The van der Waals surface area contributed by atoms with Crippen molar-refractivity contribution < 1.29 is 9.59 Å². The van der Waals surface area contributed by atoms with Gasteiger partial charge < -0.3 is 14.8 Å². The van der Waals surface area contributed by atoms with Crippen LogP contribution in [-0.2, 0) is 25.9 Å². The average molecular weight is 380 g/mol. The standard InChI is InChI=1S/C22H28N4O2/c1-3-15(2)23-21(27)20-24-19(18-10-6-7-12-26(18)20)22(28)25-13-11-16-8-4-5-9-17(16)14-25/h4-5,8-9,15H,3,6-7,10-14H2,1-2H3,(H,23,27). The second-order valence-electron chi connectivity index (χ2n) is 7.87. The lowest BCUT2D eigenvalue weighted by Crippen LogP contribution is -2.36. The number of nitrogens with one attached hydrogen (secondary N) is 1. The van der Waals surface area contributed by atoms with E-state index in [1.807, 2.05) is 35.4 Å². The molecule has 0 saturated heterocycles. The number of nitrogens with zero attached hydrogens (tertiary/aromatic N) is 3. The Bertz CT molecular complexity index is 902. The van der Waals surface area contributed by atoms with E-state index in [0.29, 0.717) is 24.6 Å². The number of rotatable bonds is 4. The van der Waals surface area contributed by atoms with Gasteiger partial charge in [-0.2, -0.15) is 0 Å². The number of carbonyl (C=O) groups excluding carboxylic acids is 2. The van der Waals surface area contributed by atoms with Crippen LogP contribution in [0.15, 0.2) is 24.3 Å². The molecular formula is C22H28N4O2. The number of benzene rings is 1. The highest BCUT2D eigenvalue weighted by Crippen LogP contribution is 2.25. The summed E-state index contributed by atoms with van der Waals surface area (Å²) in [6.45, 7) is 6.07. The maximum absolute atomic E-state index is 13.3. The van der Waals surface area contributed by atoms with E-state index < -0.39 is 0 Å². The first kappa shape index (κ1) is 18.7. The third-order valence-electron chi connectivity index (χ3n) is 5.93. The van der Waals surface area contributed by atoms with Crippen LogP contribution in [0.4, 0.5) is 0 Å². The lowest BCUT2D eigenvalue weighted by molar-refractivity contribution is 0.0727. The second kappa shape index (κ2) is 7.78. The Hall–Kier alpha value is -2.63. The van der Waals surface area contributed by atoms with Crippen molar-refractivity contribution in [2.45, 2.75) is 65.1 Å². The van der Waals surface area contributed by atoms with Gasteiger partial charge in [0.1, 0.15) is 5.69 Å². The van der Waals surface area contributed by atoms with Gasteiger partial charge in [-0.15, -0.1) is 0 Å². The van der Waals surface area contributed by atoms with Crippen LogP contribution in [0.3, 0.4) is 0 Å². The summed E-state index contributed by atoms with van der Waals surface area (Å²) < 4.78 is 1.96. The summed E-state index contributed by atoms with van der Waals surface area (Å²) in [5.74, 6) is 0.152. The van der Waals surface area contributed by atoms with Gasteiger partial charge in [0.2, 0.25) is 0 Å². The summed E-state index contributed by atoms with van der Waals surface area (Å²) in [7, 11) is 0. The summed E-state index contributed by atoms with van der Waals surface area (Å²) in [5, 5.41) is 2.99. The van der Waals surface area contributed by atoms with Crippen molar-refractivity contribution in [2.75, 3.05) is 6.54 Å². The molecule has 0 fully saturated rings. The molecule has 0 radical (unpaired) electrons. The van der Waals surface area contributed by atoms with E-state index in [2.05, 4.69) is 22.4 Å². The van der Waals surface area contributed by atoms with Crippen LogP contribution in [0, 0.1) is 0 Å². The molecule has 2 aliphatic heterocycles. The van der Waals surface area contributed by atoms with E-state index in [1.165, 1.54) is 11.1 Å². The number of fused-ring (bicyclic) bond motifs is 2. The fourth-order valence-electron chi connectivity index (χ4n) is 4.10. The fourth-order valence-corrected chi connectivity index (χ4v) is 4.10. The van der Waals surface area contributed by atoms with Gasteiger partial charge in [0.15, 0.2) is 5.82 Å². The predicted octanol–water partition coefficient (Wildman–Crippen LogP) is 2.95. The quantitative estimate of drug-likeness (QED) is 0.887. The van der Waals surface area contributed by atoms with E-state index in [4.69, 9.17) is 0 Å². The van der Waals surface area contributed by atoms with Gasteiger partial charge in [-0.05, 0) is 50.2 Å². The third-order valence-corrected chi connectivity index (χ3v) is 5.93. The van der Waals surface area contributed by atoms with E-state index in [-0.39, 0.29) is 17.9 Å². The number of hydrogen-bond donors (Lipinski definition) is 1. The Morgan fingerprint density at radius 2 is 1.93 bits per heavy atom. The molecule has 0 spiro atoms. The molecule has 2 aliphatic rings. The zero-order chi connectivity index (χ0) is 19.7. The fraction of sp³-hybridized carbons (Fsp3) is 0.500. The molecule has 6 nitrogen and oxygen atoms in total. The first-order chi connectivity index (χ1) is 13.6. The topological polar surface area (TPSA) is 67.2 Å². The lowest BCUT2D eigenvalue weighted by Gasteiger charge is -2.28. The minimum absolute atomic E-state index is 0.0530. The molecule has 28 heavy (non-hydrogen) atoms. The van der Waals surface area contributed by atoms with Gasteiger partial charge in [-0.1, -0.05) is 31.2 Å². The summed E-state index contributed by atoms with van der Waals surface area (Å²) in [6, 6.07) is 8.37. The zero-order valence-corrected chi connectivity index (χ0v) is 16.7. The number of aromatic nitrogens is 2. The first-order valence-electron chi connectivity index (χ1n) is 10.3. The summed E-state index contributed by atoms with van der Waals surface area (Å²) in [4.78, 5) is 32.5. The normalized spacial score (nSPS) is 16.9. The molecule has 148 valence electrons. The van der Waals surface area contributed by atoms with Crippen molar-refractivity contribution in [3.8, 4) is 0 Å². The molecule has 0 saturated carbocycles.